The number of aryl methyl sites for hydroxylation is 1. The number of nitrogens with zero attached hydrogens (tertiary/aromatic N) is 1. The van der Waals surface area contributed by atoms with E-state index in [1.54, 1.807) is 0 Å². The number of carbonyl (C=O) groups excluding carboxylic acids is 1. The normalized spacial score (nSPS) is 15.0. The van der Waals surface area contributed by atoms with Crippen LogP contribution in [0.4, 0.5) is 0 Å². The summed E-state index contributed by atoms with van der Waals surface area (Å²) < 4.78 is 16.5. The molecule has 1 amide bonds. The molecular weight excluding hydrogens is 320 g/mol. The quantitative estimate of drug-likeness (QED) is 0.698. The van der Waals surface area contributed by atoms with Crippen LogP contribution < -0.4 is 14.8 Å². The Bertz CT molecular complexity index is 530. The van der Waals surface area contributed by atoms with Crippen LogP contribution in [0.15, 0.2) is 18.2 Å². The Hall–Kier alpha value is -1.79. The van der Waals surface area contributed by atoms with E-state index in [0.717, 1.165) is 49.9 Å². The summed E-state index contributed by atoms with van der Waals surface area (Å²) in [5.74, 6) is 1.58. The minimum atomic E-state index is 0.0834. The molecule has 1 N–H and O–H groups in total. The molecule has 1 aliphatic rings. The van der Waals surface area contributed by atoms with Gasteiger partial charge in [0.1, 0.15) is 0 Å². The van der Waals surface area contributed by atoms with Gasteiger partial charge in [-0.2, -0.15) is 0 Å². The minimum absolute atomic E-state index is 0.0834. The van der Waals surface area contributed by atoms with Gasteiger partial charge in [-0.25, -0.2) is 0 Å². The third kappa shape index (κ3) is 6.92. The van der Waals surface area contributed by atoms with Crippen LogP contribution in [0.3, 0.4) is 0 Å². The van der Waals surface area contributed by atoms with Crippen LogP contribution in [0.5, 0.6) is 11.5 Å². The molecule has 0 aromatic heterocycles. The number of hydrogen-bond donors (Lipinski definition) is 1. The fraction of sp³-hybridized carbons (Fsp3) is 0.632. The van der Waals surface area contributed by atoms with Crippen molar-refractivity contribution >= 4 is 5.91 Å². The Morgan fingerprint density at radius 3 is 2.60 bits per heavy atom. The highest BCUT2D eigenvalue weighted by Gasteiger charge is 2.11. The van der Waals surface area contributed by atoms with Crippen molar-refractivity contribution in [2.45, 2.75) is 26.7 Å². The topological polar surface area (TPSA) is 60.0 Å². The summed E-state index contributed by atoms with van der Waals surface area (Å²) in [6.07, 6.45) is 1.17. The lowest BCUT2D eigenvalue weighted by atomic mass is 10.1. The lowest BCUT2D eigenvalue weighted by molar-refractivity contribution is -0.121. The third-order valence-electron chi connectivity index (χ3n) is 4.10. The van der Waals surface area contributed by atoms with E-state index < -0.39 is 0 Å². The zero-order valence-corrected chi connectivity index (χ0v) is 15.4. The Kier molecular flexibility index (Phi) is 8.55. The molecule has 0 radical (unpaired) electrons. The van der Waals surface area contributed by atoms with Crippen molar-refractivity contribution in [2.24, 2.45) is 0 Å². The predicted octanol–water partition coefficient (Wildman–Crippen LogP) is 1.86. The molecule has 0 unspecified atom stereocenters. The molecule has 2 rings (SSSR count). The van der Waals surface area contributed by atoms with Crippen LogP contribution in [0.25, 0.3) is 0 Å². The summed E-state index contributed by atoms with van der Waals surface area (Å²) in [6, 6.07) is 5.88. The van der Waals surface area contributed by atoms with Crippen molar-refractivity contribution in [1.82, 2.24) is 10.2 Å². The van der Waals surface area contributed by atoms with Gasteiger partial charge in [0.25, 0.3) is 0 Å². The first-order chi connectivity index (χ1) is 12.2. The molecule has 0 bridgehead atoms. The first-order valence-corrected chi connectivity index (χ1v) is 9.18. The van der Waals surface area contributed by atoms with Gasteiger partial charge in [0.2, 0.25) is 5.91 Å². The molecule has 1 aromatic rings. The van der Waals surface area contributed by atoms with Gasteiger partial charge in [0.15, 0.2) is 11.5 Å². The van der Waals surface area contributed by atoms with Crippen LogP contribution in [0.1, 0.15) is 25.8 Å². The summed E-state index contributed by atoms with van der Waals surface area (Å²) >= 11 is 0. The number of nitrogens with one attached hydrogen (secondary N) is 1. The molecule has 1 fully saturated rings. The zero-order chi connectivity index (χ0) is 17.9. The average molecular weight is 350 g/mol. The molecule has 0 atom stereocenters. The maximum absolute atomic E-state index is 12.0. The molecule has 140 valence electrons. The molecule has 0 saturated carbocycles. The van der Waals surface area contributed by atoms with Gasteiger partial charge < -0.3 is 19.5 Å². The summed E-state index contributed by atoms with van der Waals surface area (Å²) in [4.78, 5) is 14.3. The van der Waals surface area contributed by atoms with Crippen molar-refractivity contribution in [2.75, 3.05) is 52.6 Å². The monoisotopic (exact) mass is 350 g/mol. The van der Waals surface area contributed by atoms with Crippen molar-refractivity contribution < 1.29 is 19.0 Å². The third-order valence-corrected chi connectivity index (χ3v) is 4.10. The number of amides is 1. The standard InChI is InChI=1S/C19H30N2O4/c1-3-24-17-7-5-16(15-18(17)25-4-2)6-8-19(22)20-9-10-21-11-13-23-14-12-21/h5,7,15H,3-4,6,8-14H2,1-2H3,(H,20,22). The summed E-state index contributed by atoms with van der Waals surface area (Å²) in [5.41, 5.74) is 1.08. The fourth-order valence-electron chi connectivity index (χ4n) is 2.78. The molecule has 1 saturated heterocycles. The highest BCUT2D eigenvalue weighted by molar-refractivity contribution is 5.76. The van der Waals surface area contributed by atoms with Gasteiger partial charge in [-0.1, -0.05) is 6.07 Å². The van der Waals surface area contributed by atoms with Crippen LogP contribution in [-0.4, -0.2) is 63.4 Å². The predicted molar refractivity (Wildman–Crippen MR) is 97.4 cm³/mol. The van der Waals surface area contributed by atoms with E-state index in [1.807, 2.05) is 32.0 Å². The lowest BCUT2D eigenvalue weighted by Gasteiger charge is -2.26. The van der Waals surface area contributed by atoms with Crippen LogP contribution >= 0.6 is 0 Å². The zero-order valence-electron chi connectivity index (χ0n) is 15.4. The summed E-state index contributed by atoms with van der Waals surface area (Å²) in [5, 5.41) is 2.99. The molecule has 1 aliphatic heterocycles. The molecule has 6 nitrogen and oxygen atoms in total. The van der Waals surface area contributed by atoms with Gasteiger partial charge in [-0.15, -0.1) is 0 Å². The second-order valence-electron chi connectivity index (χ2n) is 5.95. The maximum Gasteiger partial charge on any atom is 0.220 e. The molecule has 0 spiro atoms. The Morgan fingerprint density at radius 2 is 1.88 bits per heavy atom. The Balaban J connectivity index is 1.73. The number of benzene rings is 1. The van der Waals surface area contributed by atoms with Crippen LogP contribution in [0, 0.1) is 0 Å². The van der Waals surface area contributed by atoms with E-state index in [2.05, 4.69) is 10.2 Å². The molecule has 25 heavy (non-hydrogen) atoms. The number of ether oxygens (including phenoxy) is 3. The SMILES string of the molecule is CCOc1ccc(CCC(=O)NCCN2CCOCC2)cc1OCC. The Labute approximate surface area is 150 Å². The minimum Gasteiger partial charge on any atom is -0.490 e. The van der Waals surface area contributed by atoms with E-state index in [-0.39, 0.29) is 5.91 Å². The number of carbonyl (C=O) groups is 1. The van der Waals surface area contributed by atoms with Crippen molar-refractivity contribution in [1.29, 1.82) is 0 Å². The second-order valence-corrected chi connectivity index (χ2v) is 5.95. The maximum atomic E-state index is 12.0. The van der Waals surface area contributed by atoms with Gasteiger partial charge in [0, 0.05) is 32.6 Å². The number of morpholine rings is 1. The van der Waals surface area contributed by atoms with E-state index in [9.17, 15) is 4.79 Å². The fourth-order valence-corrected chi connectivity index (χ4v) is 2.78. The summed E-state index contributed by atoms with van der Waals surface area (Å²) in [7, 11) is 0. The van der Waals surface area contributed by atoms with E-state index >= 15 is 0 Å². The van der Waals surface area contributed by atoms with Gasteiger partial charge in [-0.3, -0.25) is 9.69 Å². The number of hydrogen-bond acceptors (Lipinski definition) is 5. The first-order valence-electron chi connectivity index (χ1n) is 9.18. The molecular formula is C19H30N2O4. The van der Waals surface area contributed by atoms with Crippen molar-refractivity contribution in [3.05, 3.63) is 23.8 Å². The average Bonchev–Trinajstić information content (AvgIpc) is 2.63. The van der Waals surface area contributed by atoms with E-state index in [4.69, 9.17) is 14.2 Å². The molecule has 6 heteroatoms. The van der Waals surface area contributed by atoms with Crippen molar-refractivity contribution in [3.63, 3.8) is 0 Å². The van der Waals surface area contributed by atoms with Crippen molar-refractivity contribution in [3.8, 4) is 11.5 Å². The van der Waals surface area contributed by atoms with E-state index in [1.165, 1.54) is 0 Å². The van der Waals surface area contributed by atoms with E-state index in [0.29, 0.717) is 32.6 Å². The summed E-state index contributed by atoms with van der Waals surface area (Å²) in [6.45, 7) is 10.1. The highest BCUT2D eigenvalue weighted by Crippen LogP contribution is 2.28. The molecule has 1 heterocycles. The van der Waals surface area contributed by atoms with Crippen LogP contribution in [-0.2, 0) is 16.0 Å². The highest BCUT2D eigenvalue weighted by atomic mass is 16.5. The van der Waals surface area contributed by atoms with Gasteiger partial charge in [-0.05, 0) is 38.0 Å². The Morgan fingerprint density at radius 1 is 1.16 bits per heavy atom. The second kappa shape index (κ2) is 10.9. The molecule has 0 aliphatic carbocycles. The first kappa shape index (κ1) is 19.5. The largest absolute Gasteiger partial charge is 0.490 e. The molecule has 1 aromatic carbocycles. The van der Waals surface area contributed by atoms with Gasteiger partial charge in [0.05, 0.1) is 26.4 Å². The van der Waals surface area contributed by atoms with Gasteiger partial charge >= 0.3 is 0 Å². The van der Waals surface area contributed by atoms with Crippen LogP contribution in [0.2, 0.25) is 0 Å². The smallest absolute Gasteiger partial charge is 0.220 e. The number of rotatable bonds is 10. The lowest BCUT2D eigenvalue weighted by Crippen LogP contribution is -2.41.